The van der Waals surface area contributed by atoms with Crippen molar-refractivity contribution in [3.63, 3.8) is 0 Å². The summed E-state index contributed by atoms with van der Waals surface area (Å²) in [7, 11) is 1.62. The summed E-state index contributed by atoms with van der Waals surface area (Å²) >= 11 is 0. The van der Waals surface area contributed by atoms with Gasteiger partial charge in [-0.25, -0.2) is 10.8 Å². The maximum absolute atomic E-state index is 10.9. The topological polar surface area (TPSA) is 118 Å². The number of rotatable bonds is 5. The fourth-order valence-electron chi connectivity index (χ4n) is 1.60. The fraction of sp³-hybridized carbons (Fsp3) is 0.500. The summed E-state index contributed by atoms with van der Waals surface area (Å²) < 4.78 is 0. The minimum Gasteiger partial charge on any atom is -0.389 e. The van der Waals surface area contributed by atoms with Crippen LogP contribution in [-0.4, -0.2) is 34.2 Å². The summed E-state index contributed by atoms with van der Waals surface area (Å²) in [5, 5.41) is 20.6. The number of pyridine rings is 1. The van der Waals surface area contributed by atoms with Crippen molar-refractivity contribution >= 4 is 17.3 Å². The zero-order valence-corrected chi connectivity index (χ0v) is 10.5. The van der Waals surface area contributed by atoms with Gasteiger partial charge in [-0.05, 0) is 19.9 Å². The summed E-state index contributed by atoms with van der Waals surface area (Å²) in [6.45, 7) is 3.43. The van der Waals surface area contributed by atoms with Gasteiger partial charge in [-0.3, -0.25) is 10.1 Å². The molecule has 0 bridgehead atoms. The van der Waals surface area contributed by atoms with Crippen molar-refractivity contribution in [1.82, 2.24) is 4.98 Å². The lowest BCUT2D eigenvalue weighted by Gasteiger charge is -2.26. The standard InChI is InChI=1S/C10H17N5O3/c1-10(2,16)6-14(3)9-7(15(17)18)4-5-8(12-9)13-11/h4-5,16H,6,11H2,1-3H3,(H,12,13). The third-order valence-corrected chi connectivity index (χ3v) is 2.18. The van der Waals surface area contributed by atoms with Gasteiger partial charge in [-0.1, -0.05) is 0 Å². The molecule has 0 aromatic carbocycles. The van der Waals surface area contributed by atoms with E-state index in [9.17, 15) is 15.2 Å². The number of nitrogen functional groups attached to an aromatic ring is 1. The Morgan fingerprint density at radius 3 is 2.67 bits per heavy atom. The van der Waals surface area contributed by atoms with Crippen LogP contribution < -0.4 is 16.2 Å². The molecule has 0 saturated carbocycles. The normalized spacial score (nSPS) is 11.2. The molecule has 0 aliphatic heterocycles. The quantitative estimate of drug-likeness (QED) is 0.398. The summed E-state index contributed by atoms with van der Waals surface area (Å²) in [5.41, 5.74) is 1.20. The molecule has 8 nitrogen and oxygen atoms in total. The van der Waals surface area contributed by atoms with Crippen LogP contribution in [0.1, 0.15) is 13.8 Å². The number of nitro groups is 1. The number of nitrogens with one attached hydrogen (secondary N) is 1. The molecule has 0 spiro atoms. The molecule has 0 aliphatic rings. The monoisotopic (exact) mass is 255 g/mol. The van der Waals surface area contributed by atoms with Gasteiger partial charge in [0.05, 0.1) is 10.5 Å². The molecular formula is C10H17N5O3. The number of hydrazine groups is 1. The lowest BCUT2D eigenvalue weighted by Crippen LogP contribution is -2.37. The second-order valence-electron chi connectivity index (χ2n) is 4.61. The van der Waals surface area contributed by atoms with Crippen molar-refractivity contribution in [2.75, 3.05) is 23.9 Å². The van der Waals surface area contributed by atoms with Crippen LogP contribution in [0, 0.1) is 10.1 Å². The molecule has 0 radical (unpaired) electrons. The van der Waals surface area contributed by atoms with Gasteiger partial charge in [0.1, 0.15) is 5.82 Å². The van der Waals surface area contributed by atoms with Crippen molar-refractivity contribution in [1.29, 1.82) is 0 Å². The predicted octanol–water partition coefficient (Wildman–Crippen LogP) is 0.482. The summed E-state index contributed by atoms with van der Waals surface area (Å²) in [6, 6.07) is 2.73. The van der Waals surface area contributed by atoms with Crippen molar-refractivity contribution in [2.24, 2.45) is 5.84 Å². The highest BCUT2D eigenvalue weighted by Gasteiger charge is 2.23. The first-order valence-corrected chi connectivity index (χ1v) is 5.30. The predicted molar refractivity (Wildman–Crippen MR) is 68.3 cm³/mol. The number of anilines is 2. The van der Waals surface area contributed by atoms with E-state index in [-0.39, 0.29) is 18.1 Å². The average molecular weight is 255 g/mol. The van der Waals surface area contributed by atoms with Gasteiger partial charge in [0.15, 0.2) is 0 Å². The maximum atomic E-state index is 10.9. The lowest BCUT2D eigenvalue weighted by molar-refractivity contribution is -0.384. The molecule has 0 unspecified atom stereocenters. The molecule has 18 heavy (non-hydrogen) atoms. The zero-order valence-electron chi connectivity index (χ0n) is 10.5. The van der Waals surface area contributed by atoms with Gasteiger partial charge >= 0.3 is 5.69 Å². The Hall–Kier alpha value is -1.93. The van der Waals surface area contributed by atoms with Crippen LogP contribution in [0.15, 0.2) is 12.1 Å². The minimum atomic E-state index is -0.990. The first-order chi connectivity index (χ1) is 8.24. The molecule has 8 heteroatoms. The Labute approximate surface area is 105 Å². The minimum absolute atomic E-state index is 0.138. The molecule has 1 heterocycles. The van der Waals surface area contributed by atoms with E-state index in [2.05, 4.69) is 10.4 Å². The van der Waals surface area contributed by atoms with Crippen molar-refractivity contribution in [2.45, 2.75) is 19.4 Å². The molecule has 0 fully saturated rings. The van der Waals surface area contributed by atoms with E-state index in [1.165, 1.54) is 17.0 Å². The Morgan fingerprint density at radius 2 is 2.22 bits per heavy atom. The summed E-state index contributed by atoms with van der Waals surface area (Å²) in [5.74, 6) is 5.69. The lowest BCUT2D eigenvalue weighted by atomic mass is 10.1. The Bertz CT molecular complexity index is 444. The van der Waals surface area contributed by atoms with Crippen LogP contribution in [-0.2, 0) is 0 Å². The maximum Gasteiger partial charge on any atom is 0.311 e. The molecule has 100 valence electrons. The van der Waals surface area contributed by atoms with E-state index in [0.29, 0.717) is 5.82 Å². The number of nitrogens with two attached hydrogens (primary N) is 1. The molecule has 0 amide bonds. The first-order valence-electron chi connectivity index (χ1n) is 5.30. The van der Waals surface area contributed by atoms with Gasteiger partial charge in [-0.2, -0.15) is 0 Å². The van der Waals surface area contributed by atoms with Crippen LogP contribution in [0.5, 0.6) is 0 Å². The molecule has 1 rings (SSSR count). The van der Waals surface area contributed by atoms with E-state index in [0.717, 1.165) is 0 Å². The summed E-state index contributed by atoms with van der Waals surface area (Å²) in [4.78, 5) is 15.9. The van der Waals surface area contributed by atoms with Gasteiger partial charge in [0.2, 0.25) is 5.82 Å². The number of likely N-dealkylation sites (N-methyl/N-ethyl adjacent to an activating group) is 1. The molecular weight excluding hydrogens is 238 g/mol. The average Bonchev–Trinajstić information content (AvgIpc) is 2.25. The Balaban J connectivity index is 3.14. The van der Waals surface area contributed by atoms with Gasteiger partial charge in [0, 0.05) is 19.7 Å². The fourth-order valence-corrected chi connectivity index (χ4v) is 1.60. The highest BCUT2D eigenvalue weighted by molar-refractivity contribution is 5.61. The third kappa shape index (κ3) is 3.54. The number of hydrogen-bond donors (Lipinski definition) is 3. The van der Waals surface area contributed by atoms with Crippen LogP contribution in [0.2, 0.25) is 0 Å². The second kappa shape index (κ2) is 5.15. The zero-order chi connectivity index (χ0) is 13.9. The van der Waals surface area contributed by atoms with Gasteiger partial charge in [0.25, 0.3) is 0 Å². The van der Waals surface area contributed by atoms with Crippen molar-refractivity contribution in [3.8, 4) is 0 Å². The molecule has 1 aromatic heterocycles. The number of hydrogen-bond acceptors (Lipinski definition) is 7. The van der Waals surface area contributed by atoms with Crippen LogP contribution in [0.3, 0.4) is 0 Å². The van der Waals surface area contributed by atoms with Crippen molar-refractivity contribution < 1.29 is 10.0 Å². The van der Waals surface area contributed by atoms with E-state index in [1.807, 2.05) is 0 Å². The van der Waals surface area contributed by atoms with Gasteiger partial charge in [-0.15, -0.1) is 0 Å². The van der Waals surface area contributed by atoms with E-state index in [1.54, 1.807) is 20.9 Å². The molecule has 0 atom stereocenters. The Kier molecular flexibility index (Phi) is 4.04. The van der Waals surface area contributed by atoms with E-state index in [4.69, 9.17) is 5.84 Å². The van der Waals surface area contributed by atoms with E-state index < -0.39 is 10.5 Å². The van der Waals surface area contributed by atoms with Crippen molar-refractivity contribution in [3.05, 3.63) is 22.2 Å². The summed E-state index contributed by atoms with van der Waals surface area (Å²) in [6.07, 6.45) is 0. The number of nitrogens with zero attached hydrogens (tertiary/aromatic N) is 3. The number of aromatic nitrogens is 1. The van der Waals surface area contributed by atoms with Gasteiger partial charge < -0.3 is 15.4 Å². The third-order valence-electron chi connectivity index (χ3n) is 2.18. The smallest absolute Gasteiger partial charge is 0.311 e. The first kappa shape index (κ1) is 14.1. The largest absolute Gasteiger partial charge is 0.389 e. The van der Waals surface area contributed by atoms with Crippen LogP contribution in [0.4, 0.5) is 17.3 Å². The van der Waals surface area contributed by atoms with E-state index >= 15 is 0 Å². The molecule has 1 aromatic rings. The highest BCUT2D eigenvalue weighted by Crippen LogP contribution is 2.27. The molecule has 4 N–H and O–H groups in total. The van der Waals surface area contributed by atoms with Crippen LogP contribution in [0.25, 0.3) is 0 Å². The SMILES string of the molecule is CN(CC(C)(C)O)c1nc(NN)ccc1[N+](=O)[O-]. The number of aliphatic hydroxyl groups is 1. The van der Waals surface area contributed by atoms with Crippen LogP contribution >= 0.6 is 0 Å². The second-order valence-corrected chi connectivity index (χ2v) is 4.61. The Morgan fingerprint density at radius 1 is 1.61 bits per heavy atom. The molecule has 0 aliphatic carbocycles. The highest BCUT2D eigenvalue weighted by atomic mass is 16.6. The molecule has 0 saturated heterocycles.